The Morgan fingerprint density at radius 2 is 1.92 bits per heavy atom. The van der Waals surface area contributed by atoms with Crippen LogP contribution in [0.2, 0.25) is 0 Å². The molecule has 26 heavy (non-hydrogen) atoms. The van der Waals surface area contributed by atoms with E-state index >= 15 is 0 Å². The maximum absolute atomic E-state index is 13.1. The van der Waals surface area contributed by atoms with E-state index < -0.39 is 41.3 Å². The number of piperidine rings is 1. The smallest absolute Gasteiger partial charge is 0.434 e. The summed E-state index contributed by atoms with van der Waals surface area (Å²) in [5, 5.41) is 9.25. The molecule has 1 unspecified atom stereocenters. The molecule has 0 aromatic carbocycles. The molecule has 3 heterocycles. The fourth-order valence-corrected chi connectivity index (χ4v) is 3.75. The van der Waals surface area contributed by atoms with Gasteiger partial charge in [-0.3, -0.25) is 14.6 Å². The summed E-state index contributed by atoms with van der Waals surface area (Å²) < 4.78 is 44.7. The van der Waals surface area contributed by atoms with E-state index in [1.807, 2.05) is 0 Å². The van der Waals surface area contributed by atoms with Crippen LogP contribution in [0.25, 0.3) is 0 Å². The molecule has 1 amide bonds. The Labute approximate surface area is 148 Å². The van der Waals surface area contributed by atoms with Crippen LogP contribution in [0.3, 0.4) is 0 Å². The summed E-state index contributed by atoms with van der Waals surface area (Å²) in [6.45, 7) is 0.926. The maximum atomic E-state index is 13.1. The number of pyridine rings is 1. The first-order valence-electron chi connectivity index (χ1n) is 8.45. The van der Waals surface area contributed by atoms with Crippen LogP contribution in [-0.2, 0) is 15.7 Å². The standard InChI is InChI=1S/C17H19F3N2O4/c18-17(19,20)14-12(2-1-6-21-14)15(23)22-7-3-10(4-8-22)13-11(16(24)25)5-9-26-13/h1-2,6,10-11,13H,3-5,7-9H2,(H,24,25)/t11?,13-/m0/s1. The number of carboxylic acids is 1. The zero-order valence-electron chi connectivity index (χ0n) is 13.9. The van der Waals surface area contributed by atoms with Crippen LogP contribution in [0.5, 0.6) is 0 Å². The third-order valence-electron chi connectivity index (χ3n) is 5.05. The molecule has 9 heteroatoms. The highest BCUT2D eigenvalue weighted by atomic mass is 19.4. The van der Waals surface area contributed by atoms with Gasteiger partial charge in [0.25, 0.3) is 5.91 Å². The highest BCUT2D eigenvalue weighted by molar-refractivity contribution is 5.95. The quantitative estimate of drug-likeness (QED) is 0.882. The van der Waals surface area contributed by atoms with Gasteiger partial charge in [0.05, 0.1) is 17.6 Å². The molecule has 2 atom stereocenters. The zero-order chi connectivity index (χ0) is 18.9. The van der Waals surface area contributed by atoms with Gasteiger partial charge in [0, 0.05) is 25.9 Å². The fourth-order valence-electron chi connectivity index (χ4n) is 3.75. The van der Waals surface area contributed by atoms with Crippen LogP contribution < -0.4 is 0 Å². The van der Waals surface area contributed by atoms with Gasteiger partial charge < -0.3 is 14.7 Å². The van der Waals surface area contributed by atoms with Gasteiger partial charge in [0.2, 0.25) is 0 Å². The van der Waals surface area contributed by atoms with Crippen LogP contribution in [-0.4, -0.2) is 52.7 Å². The monoisotopic (exact) mass is 372 g/mol. The lowest BCUT2D eigenvalue weighted by atomic mass is 9.84. The van der Waals surface area contributed by atoms with Crippen LogP contribution in [0.15, 0.2) is 18.3 Å². The van der Waals surface area contributed by atoms with Gasteiger partial charge in [-0.05, 0) is 37.3 Å². The summed E-state index contributed by atoms with van der Waals surface area (Å²) in [4.78, 5) is 28.5. The second-order valence-corrected chi connectivity index (χ2v) is 6.60. The number of halogens is 3. The van der Waals surface area contributed by atoms with Crippen molar-refractivity contribution in [3.63, 3.8) is 0 Å². The predicted molar refractivity (Wildman–Crippen MR) is 83.3 cm³/mol. The molecule has 6 nitrogen and oxygen atoms in total. The normalized spacial score (nSPS) is 24.7. The number of hydrogen-bond acceptors (Lipinski definition) is 4. The van der Waals surface area contributed by atoms with Crippen molar-refractivity contribution in [1.29, 1.82) is 0 Å². The lowest BCUT2D eigenvalue weighted by molar-refractivity contribution is -0.145. The molecule has 2 fully saturated rings. The minimum absolute atomic E-state index is 0.0152. The summed E-state index contributed by atoms with van der Waals surface area (Å²) in [6.07, 6.45) is -2.62. The van der Waals surface area contributed by atoms with Crippen molar-refractivity contribution < 1.29 is 32.6 Å². The molecule has 3 rings (SSSR count). The molecule has 1 N–H and O–H groups in total. The van der Waals surface area contributed by atoms with Crippen LogP contribution >= 0.6 is 0 Å². The van der Waals surface area contributed by atoms with Gasteiger partial charge in [0.1, 0.15) is 0 Å². The van der Waals surface area contributed by atoms with E-state index in [0.29, 0.717) is 25.9 Å². The van der Waals surface area contributed by atoms with Crippen LogP contribution in [0.1, 0.15) is 35.3 Å². The molecule has 0 saturated carbocycles. The Hall–Kier alpha value is -2.16. The molecule has 1 aromatic heterocycles. The van der Waals surface area contributed by atoms with E-state index in [0.717, 1.165) is 12.3 Å². The number of rotatable bonds is 3. The number of carbonyl (C=O) groups excluding carboxylic acids is 1. The number of amides is 1. The van der Waals surface area contributed by atoms with Gasteiger partial charge in [-0.2, -0.15) is 13.2 Å². The van der Waals surface area contributed by atoms with Gasteiger partial charge in [0.15, 0.2) is 5.69 Å². The van der Waals surface area contributed by atoms with Gasteiger partial charge in [-0.25, -0.2) is 0 Å². The summed E-state index contributed by atoms with van der Waals surface area (Å²) in [6, 6.07) is 2.43. The van der Waals surface area contributed by atoms with E-state index in [4.69, 9.17) is 4.74 Å². The molecular weight excluding hydrogens is 353 g/mol. The van der Waals surface area contributed by atoms with Crippen molar-refractivity contribution in [3.05, 3.63) is 29.6 Å². The maximum Gasteiger partial charge on any atom is 0.434 e. The Kier molecular flexibility index (Phi) is 5.17. The Morgan fingerprint density at radius 3 is 2.54 bits per heavy atom. The summed E-state index contributed by atoms with van der Waals surface area (Å²) in [5.74, 6) is -2.17. The van der Waals surface area contributed by atoms with E-state index in [9.17, 15) is 27.9 Å². The third-order valence-corrected chi connectivity index (χ3v) is 5.05. The third kappa shape index (κ3) is 3.67. The minimum atomic E-state index is -4.70. The Bertz CT molecular complexity index is 687. The average Bonchev–Trinajstić information content (AvgIpc) is 3.10. The molecular formula is C17H19F3N2O4. The molecule has 2 saturated heterocycles. The molecule has 0 aliphatic carbocycles. The van der Waals surface area contributed by atoms with E-state index in [2.05, 4.69) is 4.98 Å². The SMILES string of the molecule is O=C(O)C1CCO[C@H]1C1CCN(C(=O)c2cccnc2C(F)(F)F)CC1. The second kappa shape index (κ2) is 7.22. The predicted octanol–water partition coefficient (Wildman–Crippen LogP) is 2.44. The van der Waals surface area contributed by atoms with Gasteiger partial charge >= 0.3 is 12.1 Å². The number of carbonyl (C=O) groups is 2. The van der Waals surface area contributed by atoms with E-state index in [1.54, 1.807) is 0 Å². The number of ether oxygens (including phenoxy) is 1. The molecule has 1 aromatic rings. The number of carboxylic acid groups (broad SMARTS) is 1. The van der Waals surface area contributed by atoms with Crippen molar-refractivity contribution >= 4 is 11.9 Å². The first-order valence-corrected chi connectivity index (χ1v) is 8.45. The molecule has 2 aliphatic rings. The number of alkyl halides is 3. The topological polar surface area (TPSA) is 79.7 Å². The minimum Gasteiger partial charge on any atom is -0.481 e. The first-order chi connectivity index (χ1) is 12.3. The van der Waals surface area contributed by atoms with Crippen LogP contribution in [0, 0.1) is 11.8 Å². The lowest BCUT2D eigenvalue weighted by Gasteiger charge is -2.35. The Balaban J connectivity index is 1.67. The second-order valence-electron chi connectivity index (χ2n) is 6.60. The highest BCUT2D eigenvalue weighted by Crippen LogP contribution is 2.35. The molecule has 142 valence electrons. The Morgan fingerprint density at radius 1 is 1.23 bits per heavy atom. The summed E-state index contributed by atoms with van der Waals surface area (Å²) in [7, 11) is 0. The molecule has 0 bridgehead atoms. The molecule has 0 radical (unpaired) electrons. The molecule has 0 spiro atoms. The molecule has 2 aliphatic heterocycles. The van der Waals surface area contributed by atoms with Crippen molar-refractivity contribution in [3.8, 4) is 0 Å². The van der Waals surface area contributed by atoms with Crippen molar-refractivity contribution in [2.45, 2.75) is 31.5 Å². The first kappa shape index (κ1) is 18.6. The number of likely N-dealkylation sites (tertiary alicyclic amines) is 1. The highest BCUT2D eigenvalue weighted by Gasteiger charge is 2.42. The zero-order valence-corrected chi connectivity index (χ0v) is 13.9. The number of aliphatic carboxylic acids is 1. The largest absolute Gasteiger partial charge is 0.481 e. The summed E-state index contributed by atoms with van der Waals surface area (Å²) >= 11 is 0. The van der Waals surface area contributed by atoms with Crippen molar-refractivity contribution in [2.75, 3.05) is 19.7 Å². The number of nitrogens with zero attached hydrogens (tertiary/aromatic N) is 2. The van der Waals surface area contributed by atoms with Crippen molar-refractivity contribution in [2.24, 2.45) is 11.8 Å². The van der Waals surface area contributed by atoms with Crippen LogP contribution in [0.4, 0.5) is 13.2 Å². The van der Waals surface area contributed by atoms with Gasteiger partial charge in [-0.1, -0.05) is 0 Å². The fraction of sp³-hybridized carbons (Fsp3) is 0.588. The van der Waals surface area contributed by atoms with E-state index in [1.165, 1.54) is 11.0 Å². The van der Waals surface area contributed by atoms with Crippen molar-refractivity contribution in [1.82, 2.24) is 9.88 Å². The van der Waals surface area contributed by atoms with Gasteiger partial charge in [-0.15, -0.1) is 0 Å². The average molecular weight is 372 g/mol. The van der Waals surface area contributed by atoms with E-state index in [-0.39, 0.29) is 19.0 Å². The number of hydrogen-bond donors (Lipinski definition) is 1. The number of aromatic nitrogens is 1. The summed E-state index contributed by atoms with van der Waals surface area (Å²) in [5.41, 5.74) is -1.64. The lowest BCUT2D eigenvalue weighted by Crippen LogP contribution is -2.43.